The number of methoxy groups -OCH3 is 1. The molecule has 14 heavy (non-hydrogen) atoms. The maximum atomic E-state index is 8.93. The predicted molar refractivity (Wildman–Crippen MR) is 54.0 cm³/mol. The van der Waals surface area contributed by atoms with Gasteiger partial charge in [-0.25, -0.2) is 0 Å². The lowest BCUT2D eigenvalue weighted by molar-refractivity contribution is -0.0392. The molecule has 3 nitrogen and oxygen atoms in total. The van der Waals surface area contributed by atoms with Gasteiger partial charge in [-0.2, -0.15) is 0 Å². The number of benzene rings is 1. The highest BCUT2D eigenvalue weighted by Gasteiger charge is 2.06. The average molecular weight is 196 g/mol. The van der Waals surface area contributed by atoms with E-state index >= 15 is 0 Å². The minimum absolute atomic E-state index is 0.0132. The first kappa shape index (κ1) is 11.2. The second-order valence-corrected chi connectivity index (χ2v) is 3.06. The van der Waals surface area contributed by atoms with Gasteiger partial charge in [-0.1, -0.05) is 30.3 Å². The molecule has 0 amide bonds. The van der Waals surface area contributed by atoms with Crippen LogP contribution in [0.4, 0.5) is 0 Å². The summed E-state index contributed by atoms with van der Waals surface area (Å²) in [5.74, 6) is 0. The SMILES string of the molecule is COC[C@@H](CO)OCc1ccccc1. The molecule has 0 aliphatic rings. The Bertz CT molecular complexity index is 236. The van der Waals surface area contributed by atoms with Gasteiger partial charge < -0.3 is 14.6 Å². The third-order valence-corrected chi connectivity index (χ3v) is 1.88. The van der Waals surface area contributed by atoms with Crippen LogP contribution in [0.3, 0.4) is 0 Å². The molecule has 1 N–H and O–H groups in total. The molecule has 0 heterocycles. The van der Waals surface area contributed by atoms with E-state index in [0.29, 0.717) is 13.2 Å². The Balaban J connectivity index is 2.32. The van der Waals surface area contributed by atoms with E-state index in [-0.39, 0.29) is 12.7 Å². The van der Waals surface area contributed by atoms with Gasteiger partial charge in [0.25, 0.3) is 0 Å². The van der Waals surface area contributed by atoms with Gasteiger partial charge in [0.15, 0.2) is 0 Å². The van der Waals surface area contributed by atoms with Crippen molar-refractivity contribution in [2.45, 2.75) is 12.7 Å². The maximum absolute atomic E-state index is 8.93. The van der Waals surface area contributed by atoms with E-state index in [1.54, 1.807) is 7.11 Å². The summed E-state index contributed by atoms with van der Waals surface area (Å²) in [5, 5.41) is 8.93. The van der Waals surface area contributed by atoms with Crippen molar-refractivity contribution in [1.82, 2.24) is 0 Å². The predicted octanol–water partition coefficient (Wildman–Crippen LogP) is 1.21. The molecule has 1 aromatic rings. The van der Waals surface area contributed by atoms with Crippen molar-refractivity contribution < 1.29 is 14.6 Å². The van der Waals surface area contributed by atoms with Crippen molar-refractivity contribution in [3.63, 3.8) is 0 Å². The highest BCUT2D eigenvalue weighted by atomic mass is 16.5. The van der Waals surface area contributed by atoms with E-state index in [4.69, 9.17) is 14.6 Å². The summed E-state index contributed by atoms with van der Waals surface area (Å²) in [5.41, 5.74) is 1.10. The third-order valence-electron chi connectivity index (χ3n) is 1.88. The van der Waals surface area contributed by atoms with Crippen molar-refractivity contribution in [2.75, 3.05) is 20.3 Å². The smallest absolute Gasteiger partial charge is 0.104 e. The van der Waals surface area contributed by atoms with Crippen molar-refractivity contribution >= 4 is 0 Å². The minimum atomic E-state index is -0.236. The molecule has 1 aromatic carbocycles. The zero-order valence-corrected chi connectivity index (χ0v) is 8.35. The third kappa shape index (κ3) is 3.87. The molecule has 0 radical (unpaired) electrons. The molecule has 0 aliphatic carbocycles. The largest absolute Gasteiger partial charge is 0.394 e. The maximum Gasteiger partial charge on any atom is 0.104 e. The van der Waals surface area contributed by atoms with E-state index in [1.165, 1.54) is 0 Å². The molecular weight excluding hydrogens is 180 g/mol. The normalized spacial score (nSPS) is 12.7. The van der Waals surface area contributed by atoms with Crippen LogP contribution in [-0.2, 0) is 16.1 Å². The van der Waals surface area contributed by atoms with Gasteiger partial charge in [-0.3, -0.25) is 0 Å². The molecule has 0 saturated carbocycles. The molecule has 0 aliphatic heterocycles. The van der Waals surface area contributed by atoms with Crippen LogP contribution in [0.2, 0.25) is 0 Å². The summed E-state index contributed by atoms with van der Waals surface area (Å²) in [6.07, 6.45) is -0.236. The molecule has 0 aromatic heterocycles. The van der Waals surface area contributed by atoms with Gasteiger partial charge in [-0.05, 0) is 5.56 Å². The molecule has 0 bridgehead atoms. The van der Waals surface area contributed by atoms with Gasteiger partial charge in [0.1, 0.15) is 6.10 Å². The van der Waals surface area contributed by atoms with Crippen LogP contribution in [0, 0.1) is 0 Å². The highest BCUT2D eigenvalue weighted by Crippen LogP contribution is 2.03. The molecule has 78 valence electrons. The lowest BCUT2D eigenvalue weighted by atomic mass is 10.2. The van der Waals surface area contributed by atoms with E-state index in [0.717, 1.165) is 5.56 Å². The highest BCUT2D eigenvalue weighted by molar-refractivity contribution is 5.13. The second-order valence-electron chi connectivity index (χ2n) is 3.06. The van der Waals surface area contributed by atoms with Crippen LogP contribution in [0.5, 0.6) is 0 Å². The molecule has 0 saturated heterocycles. The summed E-state index contributed by atoms with van der Waals surface area (Å²) in [6.45, 7) is 0.916. The molecule has 1 atom stereocenters. The molecule has 0 spiro atoms. The fourth-order valence-electron chi connectivity index (χ4n) is 1.13. The molecular formula is C11H16O3. The Morgan fingerprint density at radius 1 is 1.29 bits per heavy atom. The Hall–Kier alpha value is -0.900. The quantitative estimate of drug-likeness (QED) is 0.743. The summed E-state index contributed by atoms with van der Waals surface area (Å²) >= 11 is 0. The first-order chi connectivity index (χ1) is 6.86. The zero-order valence-electron chi connectivity index (χ0n) is 8.35. The van der Waals surface area contributed by atoms with Crippen LogP contribution in [-0.4, -0.2) is 31.5 Å². The van der Waals surface area contributed by atoms with Gasteiger partial charge >= 0.3 is 0 Å². The van der Waals surface area contributed by atoms with Gasteiger partial charge in [0.2, 0.25) is 0 Å². The van der Waals surface area contributed by atoms with E-state index in [2.05, 4.69) is 0 Å². The van der Waals surface area contributed by atoms with Gasteiger partial charge in [-0.15, -0.1) is 0 Å². The first-order valence-corrected chi connectivity index (χ1v) is 4.62. The first-order valence-electron chi connectivity index (χ1n) is 4.62. The Labute approximate surface area is 84.3 Å². The standard InChI is InChI=1S/C11H16O3/c1-13-9-11(7-12)14-8-10-5-3-2-4-6-10/h2-6,11-12H,7-9H2,1H3/t11-/m1/s1. The van der Waals surface area contributed by atoms with Gasteiger partial charge in [0, 0.05) is 7.11 Å². The van der Waals surface area contributed by atoms with Crippen molar-refractivity contribution in [3.8, 4) is 0 Å². The van der Waals surface area contributed by atoms with Crippen LogP contribution >= 0.6 is 0 Å². The number of aliphatic hydroxyl groups excluding tert-OH is 1. The Morgan fingerprint density at radius 2 is 2.00 bits per heavy atom. The second kappa shape index (κ2) is 6.54. The Morgan fingerprint density at radius 3 is 2.57 bits per heavy atom. The van der Waals surface area contributed by atoms with Crippen molar-refractivity contribution in [2.24, 2.45) is 0 Å². The monoisotopic (exact) mass is 196 g/mol. The lowest BCUT2D eigenvalue weighted by Crippen LogP contribution is -2.23. The lowest BCUT2D eigenvalue weighted by Gasteiger charge is -2.14. The summed E-state index contributed by atoms with van der Waals surface area (Å²) in [7, 11) is 1.59. The summed E-state index contributed by atoms with van der Waals surface area (Å²) < 4.78 is 10.3. The Kier molecular flexibility index (Phi) is 5.22. The topological polar surface area (TPSA) is 38.7 Å². The molecule has 0 fully saturated rings. The fraction of sp³-hybridized carbons (Fsp3) is 0.455. The van der Waals surface area contributed by atoms with Crippen LogP contribution in [0.1, 0.15) is 5.56 Å². The molecule has 0 unspecified atom stereocenters. The van der Waals surface area contributed by atoms with Crippen LogP contribution in [0.25, 0.3) is 0 Å². The molecule has 3 heteroatoms. The summed E-state index contributed by atoms with van der Waals surface area (Å²) in [4.78, 5) is 0. The fourth-order valence-corrected chi connectivity index (χ4v) is 1.13. The zero-order chi connectivity index (χ0) is 10.2. The van der Waals surface area contributed by atoms with Crippen LogP contribution < -0.4 is 0 Å². The van der Waals surface area contributed by atoms with Crippen LogP contribution in [0.15, 0.2) is 30.3 Å². The number of hydrogen-bond acceptors (Lipinski definition) is 3. The summed E-state index contributed by atoms with van der Waals surface area (Å²) in [6, 6.07) is 9.86. The van der Waals surface area contributed by atoms with E-state index in [9.17, 15) is 0 Å². The number of aliphatic hydroxyl groups is 1. The van der Waals surface area contributed by atoms with Crippen molar-refractivity contribution in [1.29, 1.82) is 0 Å². The van der Waals surface area contributed by atoms with Crippen molar-refractivity contribution in [3.05, 3.63) is 35.9 Å². The average Bonchev–Trinajstić information content (AvgIpc) is 2.25. The number of hydrogen-bond donors (Lipinski definition) is 1. The number of rotatable bonds is 6. The molecule has 1 rings (SSSR count). The van der Waals surface area contributed by atoms with E-state index in [1.807, 2.05) is 30.3 Å². The minimum Gasteiger partial charge on any atom is -0.394 e. The number of ether oxygens (including phenoxy) is 2. The van der Waals surface area contributed by atoms with E-state index < -0.39 is 0 Å². The van der Waals surface area contributed by atoms with Gasteiger partial charge in [0.05, 0.1) is 19.8 Å².